The Morgan fingerprint density at radius 3 is 2.39 bits per heavy atom. The molecule has 1 heterocycles. The highest BCUT2D eigenvalue weighted by Gasteiger charge is 2.25. The summed E-state index contributed by atoms with van der Waals surface area (Å²) in [6.45, 7) is 10.7. The normalized spacial score (nSPS) is 18.2. The molecule has 4 rings (SSSR count). The Morgan fingerprint density at radius 1 is 1.03 bits per heavy atom. The molecule has 1 atom stereocenters. The van der Waals surface area contributed by atoms with Crippen LogP contribution in [0.4, 0.5) is 5.69 Å². The molecule has 0 spiro atoms. The molecule has 1 saturated heterocycles. The molecule has 0 aromatic heterocycles. The van der Waals surface area contributed by atoms with Gasteiger partial charge in [0.1, 0.15) is 0 Å². The third-order valence-electron chi connectivity index (χ3n) is 7.31. The lowest BCUT2D eigenvalue weighted by Crippen LogP contribution is -2.45. The van der Waals surface area contributed by atoms with Crippen molar-refractivity contribution in [3.8, 4) is 0 Å². The van der Waals surface area contributed by atoms with Crippen molar-refractivity contribution in [3.63, 3.8) is 0 Å². The predicted molar refractivity (Wildman–Crippen MR) is 137 cm³/mol. The average Bonchev–Trinajstić information content (AvgIpc) is 3.39. The fraction of sp³-hybridized carbons (Fsp3) is 0.536. The Kier molecular flexibility index (Phi) is 8.40. The number of anilines is 1. The second-order valence-electron chi connectivity index (χ2n) is 9.44. The monoisotopic (exact) mass is 448 g/mol. The van der Waals surface area contributed by atoms with Crippen LogP contribution < -0.4 is 10.6 Å². The standard InChI is InChI=1S/C28H40N4O/c1-3-31(4-2)28(33)24-14-12-23(13-15-24)27(32-18-16-29-17-19-32)25-10-7-11-26(20-25)30-21-22-8-5-6-9-22/h7,10-15,20,22,27,29-30H,3-6,8-9,16-19,21H2,1-2H3/t27-/m1/s1. The first-order valence-electron chi connectivity index (χ1n) is 12.9. The van der Waals surface area contributed by atoms with Crippen LogP contribution in [0.3, 0.4) is 0 Å². The van der Waals surface area contributed by atoms with Crippen LogP contribution in [-0.4, -0.2) is 61.5 Å². The zero-order valence-corrected chi connectivity index (χ0v) is 20.4. The second kappa shape index (κ2) is 11.7. The number of carbonyl (C=O) groups is 1. The lowest BCUT2D eigenvalue weighted by molar-refractivity contribution is 0.0773. The van der Waals surface area contributed by atoms with Crippen molar-refractivity contribution in [2.75, 3.05) is 51.1 Å². The lowest BCUT2D eigenvalue weighted by Gasteiger charge is -2.36. The van der Waals surface area contributed by atoms with Crippen LogP contribution in [0.25, 0.3) is 0 Å². The topological polar surface area (TPSA) is 47.6 Å². The Labute approximate surface area is 199 Å². The highest BCUT2D eigenvalue weighted by atomic mass is 16.2. The molecule has 2 N–H and O–H groups in total. The molecule has 2 aliphatic rings. The van der Waals surface area contributed by atoms with Crippen LogP contribution in [0, 0.1) is 5.92 Å². The summed E-state index contributed by atoms with van der Waals surface area (Å²) < 4.78 is 0. The minimum Gasteiger partial charge on any atom is -0.385 e. The molecule has 2 aromatic carbocycles. The molecule has 0 unspecified atom stereocenters. The maximum Gasteiger partial charge on any atom is 0.253 e. The Balaban J connectivity index is 1.56. The quantitative estimate of drug-likeness (QED) is 0.580. The van der Waals surface area contributed by atoms with Gasteiger partial charge in [0, 0.05) is 57.1 Å². The molecule has 1 aliphatic carbocycles. The molecule has 1 amide bonds. The van der Waals surface area contributed by atoms with E-state index in [9.17, 15) is 4.79 Å². The summed E-state index contributed by atoms with van der Waals surface area (Å²) >= 11 is 0. The first-order valence-corrected chi connectivity index (χ1v) is 12.9. The molecule has 2 aromatic rings. The molecule has 5 nitrogen and oxygen atoms in total. The number of benzene rings is 2. The predicted octanol–water partition coefficient (Wildman–Crippen LogP) is 4.77. The Bertz CT molecular complexity index is 881. The Morgan fingerprint density at radius 2 is 1.73 bits per heavy atom. The summed E-state index contributed by atoms with van der Waals surface area (Å²) in [6.07, 6.45) is 5.47. The number of hydrogen-bond acceptors (Lipinski definition) is 4. The Hall–Kier alpha value is -2.37. The van der Waals surface area contributed by atoms with Crippen molar-refractivity contribution in [1.29, 1.82) is 0 Å². The minimum atomic E-state index is 0.114. The molecule has 0 radical (unpaired) electrons. The number of nitrogens with zero attached hydrogens (tertiary/aromatic N) is 2. The van der Waals surface area contributed by atoms with E-state index >= 15 is 0 Å². The van der Waals surface area contributed by atoms with E-state index in [1.165, 1.54) is 42.5 Å². The van der Waals surface area contributed by atoms with Gasteiger partial charge in [0.05, 0.1) is 6.04 Å². The van der Waals surface area contributed by atoms with Gasteiger partial charge in [-0.3, -0.25) is 9.69 Å². The van der Waals surface area contributed by atoms with Crippen LogP contribution in [0.2, 0.25) is 0 Å². The fourth-order valence-corrected chi connectivity index (χ4v) is 5.35. The summed E-state index contributed by atoms with van der Waals surface area (Å²) in [5.74, 6) is 0.928. The largest absolute Gasteiger partial charge is 0.385 e. The second-order valence-corrected chi connectivity index (χ2v) is 9.44. The zero-order valence-electron chi connectivity index (χ0n) is 20.4. The summed E-state index contributed by atoms with van der Waals surface area (Å²) in [5.41, 5.74) is 4.55. The summed E-state index contributed by atoms with van der Waals surface area (Å²) in [6, 6.07) is 17.5. The van der Waals surface area contributed by atoms with Crippen molar-refractivity contribution in [1.82, 2.24) is 15.1 Å². The van der Waals surface area contributed by atoms with Crippen molar-refractivity contribution in [2.45, 2.75) is 45.6 Å². The SMILES string of the molecule is CCN(CC)C(=O)c1ccc([C@H](c2cccc(NCC3CCCC3)c2)N2CCNCC2)cc1. The number of rotatable bonds is 9. The van der Waals surface area contributed by atoms with Crippen LogP contribution in [0.5, 0.6) is 0 Å². The minimum absolute atomic E-state index is 0.114. The van der Waals surface area contributed by atoms with E-state index in [-0.39, 0.29) is 11.9 Å². The van der Waals surface area contributed by atoms with Gasteiger partial charge >= 0.3 is 0 Å². The summed E-state index contributed by atoms with van der Waals surface area (Å²) in [5, 5.41) is 7.19. The van der Waals surface area contributed by atoms with Crippen LogP contribution in [0.15, 0.2) is 48.5 Å². The van der Waals surface area contributed by atoms with Crippen LogP contribution in [0.1, 0.15) is 67.1 Å². The van der Waals surface area contributed by atoms with Crippen LogP contribution in [-0.2, 0) is 0 Å². The zero-order chi connectivity index (χ0) is 23.0. The van der Waals surface area contributed by atoms with Crippen molar-refractivity contribution in [3.05, 3.63) is 65.2 Å². The van der Waals surface area contributed by atoms with Gasteiger partial charge in [0.25, 0.3) is 5.91 Å². The first-order chi connectivity index (χ1) is 16.2. The fourth-order valence-electron chi connectivity index (χ4n) is 5.35. The van der Waals surface area contributed by atoms with Crippen molar-refractivity contribution in [2.24, 2.45) is 5.92 Å². The molecule has 1 aliphatic heterocycles. The number of nitrogens with one attached hydrogen (secondary N) is 2. The van der Waals surface area contributed by atoms with Crippen molar-refractivity contribution >= 4 is 11.6 Å². The number of hydrogen-bond donors (Lipinski definition) is 2. The summed E-state index contributed by atoms with van der Waals surface area (Å²) in [7, 11) is 0. The molecule has 2 fully saturated rings. The number of piperazine rings is 1. The van der Waals surface area contributed by atoms with Gasteiger partial charge in [-0.05, 0) is 68.0 Å². The van der Waals surface area contributed by atoms with Crippen molar-refractivity contribution < 1.29 is 4.79 Å². The highest BCUT2D eigenvalue weighted by Crippen LogP contribution is 2.31. The smallest absolute Gasteiger partial charge is 0.253 e. The van der Waals surface area contributed by atoms with Gasteiger partial charge in [-0.15, -0.1) is 0 Å². The van der Waals surface area contributed by atoms with E-state index in [0.717, 1.165) is 57.3 Å². The molecular formula is C28H40N4O. The third kappa shape index (κ3) is 5.96. The summed E-state index contributed by atoms with van der Waals surface area (Å²) in [4.78, 5) is 17.2. The molecule has 178 valence electrons. The maximum atomic E-state index is 12.8. The number of carbonyl (C=O) groups excluding carboxylic acids is 1. The van der Waals surface area contributed by atoms with E-state index in [0.29, 0.717) is 0 Å². The van der Waals surface area contributed by atoms with Gasteiger partial charge in [0.15, 0.2) is 0 Å². The van der Waals surface area contributed by atoms with Crippen LogP contribution >= 0.6 is 0 Å². The lowest BCUT2D eigenvalue weighted by atomic mass is 9.95. The third-order valence-corrected chi connectivity index (χ3v) is 7.31. The first kappa shape index (κ1) is 23.8. The van der Waals surface area contributed by atoms with Gasteiger partial charge in [-0.2, -0.15) is 0 Å². The average molecular weight is 449 g/mol. The van der Waals surface area contributed by atoms with E-state index < -0.39 is 0 Å². The van der Waals surface area contributed by atoms with E-state index in [1.54, 1.807) is 0 Å². The van der Waals surface area contributed by atoms with E-state index in [1.807, 2.05) is 30.9 Å². The molecular weight excluding hydrogens is 408 g/mol. The molecule has 0 bridgehead atoms. The molecule has 33 heavy (non-hydrogen) atoms. The highest BCUT2D eigenvalue weighted by molar-refractivity contribution is 5.94. The van der Waals surface area contributed by atoms with E-state index in [4.69, 9.17) is 0 Å². The van der Waals surface area contributed by atoms with Gasteiger partial charge in [-0.1, -0.05) is 37.1 Å². The van der Waals surface area contributed by atoms with Gasteiger partial charge in [-0.25, -0.2) is 0 Å². The molecule has 5 heteroatoms. The number of amides is 1. The maximum absolute atomic E-state index is 12.8. The van der Waals surface area contributed by atoms with E-state index in [2.05, 4.69) is 51.9 Å². The van der Waals surface area contributed by atoms with Gasteiger partial charge < -0.3 is 15.5 Å². The van der Waals surface area contributed by atoms with Gasteiger partial charge in [0.2, 0.25) is 0 Å². The molecule has 1 saturated carbocycles.